The third-order valence-corrected chi connectivity index (χ3v) is 7.26. The van der Waals surface area contributed by atoms with Crippen LogP contribution in [0, 0.1) is 0 Å². The molecule has 33 heavy (non-hydrogen) atoms. The number of amides is 1. The number of ether oxygens (including phenoxy) is 1. The number of carbonyl (C=O) groups excluding carboxylic acids is 1. The van der Waals surface area contributed by atoms with Gasteiger partial charge < -0.3 is 20.7 Å². The normalized spacial score (nSPS) is 21.0. The summed E-state index contributed by atoms with van der Waals surface area (Å²) in [6.07, 6.45) is 9.30. The van der Waals surface area contributed by atoms with E-state index >= 15 is 0 Å². The van der Waals surface area contributed by atoms with Crippen molar-refractivity contribution in [3.63, 3.8) is 0 Å². The van der Waals surface area contributed by atoms with Crippen LogP contribution in [0.4, 0.5) is 11.4 Å². The highest BCUT2D eigenvalue weighted by molar-refractivity contribution is 6.13. The van der Waals surface area contributed by atoms with Crippen LogP contribution < -0.4 is 15.8 Å². The van der Waals surface area contributed by atoms with Crippen LogP contribution in [-0.4, -0.2) is 42.8 Å². The van der Waals surface area contributed by atoms with E-state index in [1.54, 1.807) is 0 Å². The number of para-hydroxylation sites is 1. The Balaban J connectivity index is 1.60. The Kier molecular flexibility index (Phi) is 5.94. The summed E-state index contributed by atoms with van der Waals surface area (Å²) in [6, 6.07) is 14.0. The van der Waals surface area contributed by atoms with Crippen molar-refractivity contribution in [3.8, 4) is 5.75 Å². The zero-order chi connectivity index (χ0) is 22.8. The summed E-state index contributed by atoms with van der Waals surface area (Å²) in [4.78, 5) is 20.4. The van der Waals surface area contributed by atoms with Crippen molar-refractivity contribution in [1.29, 1.82) is 0 Å². The van der Waals surface area contributed by atoms with Crippen molar-refractivity contribution in [1.82, 2.24) is 4.90 Å². The van der Waals surface area contributed by atoms with E-state index in [1.807, 2.05) is 42.5 Å². The summed E-state index contributed by atoms with van der Waals surface area (Å²) in [7, 11) is 2.14. The van der Waals surface area contributed by atoms with E-state index in [-0.39, 0.29) is 12.0 Å². The second kappa shape index (κ2) is 9.02. The molecule has 1 amide bonds. The average Bonchev–Trinajstić information content (AvgIpc) is 3.43. The highest BCUT2D eigenvalue weighted by atomic mass is 16.5. The van der Waals surface area contributed by atoms with Gasteiger partial charge in [-0.1, -0.05) is 31.0 Å². The van der Waals surface area contributed by atoms with Gasteiger partial charge in [0.2, 0.25) is 5.91 Å². The first-order chi connectivity index (χ1) is 16.1. The lowest BCUT2D eigenvalue weighted by Crippen LogP contribution is -2.35. The monoisotopic (exact) mass is 444 g/mol. The smallest absolute Gasteiger partial charge is 0.235 e. The van der Waals surface area contributed by atoms with Gasteiger partial charge in [0, 0.05) is 18.7 Å². The topological polar surface area (TPSA) is 80.0 Å². The number of anilines is 1. The SMILES string of the molecule is CN1CCC(Oc2cc(C(C=CN)=Nc3ccccc3)cc3c2NC(=O)C32CCCC2)CC1. The molecule has 2 aromatic carbocycles. The number of allylic oxidation sites excluding steroid dienone is 1. The fourth-order valence-corrected chi connectivity index (χ4v) is 5.41. The number of nitrogens with one attached hydrogen (secondary N) is 1. The van der Waals surface area contributed by atoms with Crippen molar-refractivity contribution in [2.45, 2.75) is 50.0 Å². The number of likely N-dealkylation sites (tertiary alicyclic amines) is 1. The molecule has 1 saturated heterocycles. The van der Waals surface area contributed by atoms with Gasteiger partial charge in [-0.3, -0.25) is 4.79 Å². The Bertz CT molecular complexity index is 1080. The molecule has 2 heterocycles. The van der Waals surface area contributed by atoms with Gasteiger partial charge in [0.25, 0.3) is 0 Å². The van der Waals surface area contributed by atoms with Gasteiger partial charge in [0.15, 0.2) is 0 Å². The van der Waals surface area contributed by atoms with Crippen LogP contribution >= 0.6 is 0 Å². The molecule has 5 rings (SSSR count). The summed E-state index contributed by atoms with van der Waals surface area (Å²) < 4.78 is 6.57. The van der Waals surface area contributed by atoms with E-state index in [9.17, 15) is 4.79 Å². The van der Waals surface area contributed by atoms with Gasteiger partial charge in [-0.25, -0.2) is 4.99 Å². The molecule has 3 aliphatic rings. The number of nitrogens with zero attached hydrogens (tertiary/aromatic N) is 2. The van der Waals surface area contributed by atoms with Crippen LogP contribution in [0.25, 0.3) is 0 Å². The first-order valence-corrected chi connectivity index (χ1v) is 12.0. The van der Waals surface area contributed by atoms with Crippen LogP contribution in [-0.2, 0) is 10.2 Å². The van der Waals surface area contributed by atoms with E-state index in [0.29, 0.717) is 0 Å². The average molecular weight is 445 g/mol. The van der Waals surface area contributed by atoms with E-state index in [0.717, 1.165) is 85.6 Å². The van der Waals surface area contributed by atoms with Crippen LogP contribution in [0.1, 0.15) is 49.7 Å². The van der Waals surface area contributed by atoms with Gasteiger partial charge in [-0.2, -0.15) is 0 Å². The molecule has 2 aromatic rings. The van der Waals surface area contributed by atoms with Gasteiger partial charge in [-0.05, 0) is 74.8 Å². The Morgan fingerprint density at radius 3 is 2.61 bits per heavy atom. The van der Waals surface area contributed by atoms with Crippen molar-refractivity contribution in [2.75, 3.05) is 25.5 Å². The molecule has 2 aliphatic heterocycles. The lowest BCUT2D eigenvalue weighted by atomic mass is 9.79. The quantitative estimate of drug-likeness (QED) is 0.665. The van der Waals surface area contributed by atoms with Crippen molar-refractivity contribution in [3.05, 3.63) is 65.9 Å². The molecule has 0 aromatic heterocycles. The minimum absolute atomic E-state index is 0.108. The van der Waals surface area contributed by atoms with Crippen molar-refractivity contribution < 1.29 is 9.53 Å². The molecule has 6 nitrogen and oxygen atoms in total. The molecule has 1 spiro atoms. The third kappa shape index (κ3) is 4.15. The Labute approximate surface area is 195 Å². The summed E-state index contributed by atoms with van der Waals surface area (Å²) >= 11 is 0. The molecule has 0 atom stereocenters. The Hall–Kier alpha value is -3.12. The summed E-state index contributed by atoms with van der Waals surface area (Å²) in [5.41, 5.74) is 9.78. The van der Waals surface area contributed by atoms with E-state index in [1.165, 1.54) is 6.20 Å². The molecule has 0 unspecified atom stereocenters. The minimum Gasteiger partial charge on any atom is -0.488 e. The summed E-state index contributed by atoms with van der Waals surface area (Å²) in [6.45, 7) is 2.03. The molecular weight excluding hydrogens is 412 g/mol. The second-order valence-corrected chi connectivity index (χ2v) is 9.45. The minimum atomic E-state index is -0.458. The predicted octanol–water partition coefficient (Wildman–Crippen LogP) is 4.52. The molecule has 1 aliphatic carbocycles. The molecule has 0 radical (unpaired) electrons. The molecular formula is C27H32N4O2. The zero-order valence-corrected chi connectivity index (χ0v) is 19.2. The maximum absolute atomic E-state index is 13.2. The lowest BCUT2D eigenvalue weighted by molar-refractivity contribution is -0.120. The predicted molar refractivity (Wildman–Crippen MR) is 132 cm³/mol. The summed E-state index contributed by atoms with van der Waals surface area (Å²) in [5.74, 6) is 0.858. The summed E-state index contributed by atoms with van der Waals surface area (Å²) in [5, 5.41) is 3.19. The highest BCUT2D eigenvalue weighted by Gasteiger charge is 2.49. The molecule has 172 valence electrons. The number of hydrogen-bond donors (Lipinski definition) is 2. The fourth-order valence-electron chi connectivity index (χ4n) is 5.41. The molecule has 0 bridgehead atoms. The van der Waals surface area contributed by atoms with Gasteiger partial charge in [0.1, 0.15) is 11.9 Å². The van der Waals surface area contributed by atoms with Crippen LogP contribution in [0.15, 0.2) is 59.7 Å². The number of hydrogen-bond acceptors (Lipinski definition) is 5. The molecule has 6 heteroatoms. The number of carbonyl (C=O) groups is 1. The number of rotatable bonds is 5. The first-order valence-electron chi connectivity index (χ1n) is 12.0. The number of piperidine rings is 1. The standard InChI is InChI=1S/C27H32N4O2/c1-31-15-10-21(11-16-31)33-24-18-19(23(9-14-28)29-20-7-3-2-4-8-20)17-22-25(24)30-26(32)27(22)12-5-6-13-27/h2-4,7-9,14,17-18,21H,5-6,10-13,15-16,28H2,1H3,(H,30,32). The van der Waals surface area contributed by atoms with E-state index < -0.39 is 5.41 Å². The number of aliphatic imine (C=N–C) groups is 1. The van der Waals surface area contributed by atoms with Crippen molar-refractivity contribution >= 4 is 23.0 Å². The molecule has 3 N–H and O–H groups in total. The Morgan fingerprint density at radius 2 is 1.91 bits per heavy atom. The van der Waals surface area contributed by atoms with E-state index in [4.69, 9.17) is 15.5 Å². The maximum Gasteiger partial charge on any atom is 0.235 e. The van der Waals surface area contributed by atoms with Gasteiger partial charge >= 0.3 is 0 Å². The second-order valence-electron chi connectivity index (χ2n) is 9.45. The number of fused-ring (bicyclic) bond motifs is 2. The van der Waals surface area contributed by atoms with Gasteiger partial charge in [-0.15, -0.1) is 0 Å². The lowest BCUT2D eigenvalue weighted by Gasteiger charge is -2.30. The highest BCUT2D eigenvalue weighted by Crippen LogP contribution is 2.52. The third-order valence-electron chi connectivity index (χ3n) is 7.26. The largest absolute Gasteiger partial charge is 0.488 e. The molecule has 2 fully saturated rings. The van der Waals surface area contributed by atoms with Crippen LogP contribution in [0.2, 0.25) is 0 Å². The fraction of sp³-hybridized carbons (Fsp3) is 0.407. The van der Waals surface area contributed by atoms with Crippen molar-refractivity contribution in [2.24, 2.45) is 10.7 Å². The van der Waals surface area contributed by atoms with Gasteiger partial charge in [0.05, 0.1) is 22.5 Å². The first kappa shape index (κ1) is 21.7. The zero-order valence-electron chi connectivity index (χ0n) is 19.2. The molecule has 1 saturated carbocycles. The van der Waals surface area contributed by atoms with Crippen LogP contribution in [0.5, 0.6) is 5.75 Å². The van der Waals surface area contributed by atoms with Crippen LogP contribution in [0.3, 0.4) is 0 Å². The van der Waals surface area contributed by atoms with E-state index in [2.05, 4.69) is 23.3 Å². The Morgan fingerprint density at radius 1 is 1.18 bits per heavy atom. The number of nitrogens with two attached hydrogens (primary N) is 1. The maximum atomic E-state index is 13.2. The number of benzene rings is 2.